The highest BCUT2D eigenvalue weighted by atomic mass is 16.5. The molecule has 42 heavy (non-hydrogen) atoms. The molecule has 0 aliphatic carbocycles. The Morgan fingerprint density at radius 2 is 1.67 bits per heavy atom. The minimum absolute atomic E-state index is 0.0197. The van der Waals surface area contributed by atoms with Crippen molar-refractivity contribution < 1.29 is 28.2 Å². The first-order valence-corrected chi connectivity index (χ1v) is 13.7. The van der Waals surface area contributed by atoms with Gasteiger partial charge in [-0.05, 0) is 43.2 Å². The lowest BCUT2D eigenvalue weighted by atomic mass is 10.1. The Morgan fingerprint density at radius 3 is 2.38 bits per heavy atom. The highest BCUT2D eigenvalue weighted by Crippen LogP contribution is 2.26. The molecule has 0 fully saturated rings. The van der Waals surface area contributed by atoms with Gasteiger partial charge in [-0.2, -0.15) is 0 Å². The van der Waals surface area contributed by atoms with Gasteiger partial charge in [-0.1, -0.05) is 42.0 Å². The Kier molecular flexibility index (Phi) is 10.3. The Balaban J connectivity index is 1.65. The van der Waals surface area contributed by atoms with Crippen LogP contribution in [-0.2, 0) is 22.6 Å². The fraction of sp³-hybridized carbons (Fsp3) is 0.303. The molecular formula is C33H36N2O7. The Hall–Kier alpha value is -4.63. The molecule has 9 nitrogen and oxygen atoms in total. The van der Waals surface area contributed by atoms with E-state index in [4.69, 9.17) is 18.6 Å². The van der Waals surface area contributed by atoms with Crippen LogP contribution in [0.25, 0.3) is 11.0 Å². The molecule has 4 aromatic rings. The van der Waals surface area contributed by atoms with Crippen molar-refractivity contribution in [3.63, 3.8) is 0 Å². The first-order chi connectivity index (χ1) is 20.3. The third-order valence-electron chi connectivity index (χ3n) is 6.96. The molecule has 1 aromatic heterocycles. The maximum absolute atomic E-state index is 13.9. The molecule has 4 rings (SSSR count). The zero-order valence-electron chi connectivity index (χ0n) is 24.4. The topological polar surface area (TPSA) is 98.5 Å². The van der Waals surface area contributed by atoms with E-state index in [2.05, 4.69) is 0 Å². The number of amides is 2. The number of rotatable bonds is 13. The van der Waals surface area contributed by atoms with Crippen LogP contribution in [0, 0.1) is 6.92 Å². The van der Waals surface area contributed by atoms with Crippen LogP contribution in [0.2, 0.25) is 0 Å². The molecular weight excluding hydrogens is 536 g/mol. The first kappa shape index (κ1) is 30.3. The van der Waals surface area contributed by atoms with Gasteiger partial charge in [0.1, 0.15) is 23.6 Å². The molecule has 1 heterocycles. The molecule has 9 heteroatoms. The van der Waals surface area contributed by atoms with Gasteiger partial charge in [0.15, 0.2) is 5.43 Å². The van der Waals surface area contributed by atoms with E-state index < -0.39 is 0 Å². The second kappa shape index (κ2) is 14.3. The van der Waals surface area contributed by atoms with Crippen LogP contribution in [0.1, 0.15) is 33.5 Å². The maximum atomic E-state index is 13.9. The number of ether oxygens (including phenoxy) is 3. The van der Waals surface area contributed by atoms with E-state index in [1.807, 2.05) is 43.3 Å². The molecule has 3 aromatic carbocycles. The summed E-state index contributed by atoms with van der Waals surface area (Å²) in [6, 6.07) is 19.9. The summed E-state index contributed by atoms with van der Waals surface area (Å²) in [4.78, 5) is 44.1. The number of methoxy groups -OCH3 is 3. The van der Waals surface area contributed by atoms with Crippen molar-refractivity contribution in [1.29, 1.82) is 0 Å². The first-order valence-electron chi connectivity index (χ1n) is 13.7. The lowest BCUT2D eigenvalue weighted by Gasteiger charge is -2.28. The molecule has 0 unspecified atom stereocenters. The molecule has 0 aliphatic rings. The van der Waals surface area contributed by atoms with E-state index in [0.29, 0.717) is 46.6 Å². The second-order valence-corrected chi connectivity index (χ2v) is 9.96. The summed E-state index contributed by atoms with van der Waals surface area (Å²) in [5.74, 6) is 0.206. The summed E-state index contributed by atoms with van der Waals surface area (Å²) < 4.78 is 21.7. The van der Waals surface area contributed by atoms with Gasteiger partial charge in [-0.15, -0.1) is 0 Å². The minimum atomic E-state index is -0.362. The van der Waals surface area contributed by atoms with Gasteiger partial charge < -0.3 is 28.4 Å². The van der Waals surface area contributed by atoms with E-state index >= 15 is 0 Å². The fourth-order valence-electron chi connectivity index (χ4n) is 4.70. The molecule has 0 aliphatic heterocycles. The predicted molar refractivity (Wildman–Crippen MR) is 160 cm³/mol. The summed E-state index contributed by atoms with van der Waals surface area (Å²) in [5, 5.41) is 0.461. The van der Waals surface area contributed by atoms with Crippen LogP contribution in [-0.4, -0.2) is 62.6 Å². The number of carbonyl (C=O) groups is 2. The number of carbonyl (C=O) groups excluding carboxylic acids is 2. The van der Waals surface area contributed by atoms with Crippen molar-refractivity contribution in [1.82, 2.24) is 9.80 Å². The van der Waals surface area contributed by atoms with Crippen LogP contribution >= 0.6 is 0 Å². The summed E-state index contributed by atoms with van der Waals surface area (Å²) in [6.07, 6.45) is 1.94. The second-order valence-electron chi connectivity index (χ2n) is 9.96. The minimum Gasteiger partial charge on any atom is -0.497 e. The van der Waals surface area contributed by atoms with Crippen molar-refractivity contribution in [2.45, 2.75) is 26.4 Å². The van der Waals surface area contributed by atoms with Crippen molar-refractivity contribution in [3.05, 3.63) is 105 Å². The number of fused-ring (bicyclic) bond motifs is 1. The van der Waals surface area contributed by atoms with Crippen molar-refractivity contribution in [3.8, 4) is 11.5 Å². The number of hydrogen-bond acceptors (Lipinski definition) is 7. The Labute approximate surface area is 245 Å². The van der Waals surface area contributed by atoms with Gasteiger partial charge >= 0.3 is 0 Å². The number of benzene rings is 3. The van der Waals surface area contributed by atoms with Gasteiger partial charge in [-0.3, -0.25) is 14.4 Å². The van der Waals surface area contributed by atoms with Crippen molar-refractivity contribution in [2.24, 2.45) is 0 Å². The molecule has 0 radical (unpaired) electrons. The number of nitrogens with zero attached hydrogens (tertiary/aromatic N) is 2. The quantitative estimate of drug-likeness (QED) is 0.212. The Morgan fingerprint density at radius 1 is 0.881 bits per heavy atom. The third kappa shape index (κ3) is 7.36. The van der Waals surface area contributed by atoms with Crippen LogP contribution in [0.3, 0.4) is 0 Å². The number of aryl methyl sites for hydroxylation is 1. The molecule has 0 bridgehead atoms. The fourth-order valence-corrected chi connectivity index (χ4v) is 4.70. The molecule has 220 valence electrons. The molecule has 0 saturated heterocycles. The Bertz CT molecular complexity index is 1580. The zero-order valence-corrected chi connectivity index (χ0v) is 24.4. The average molecular weight is 573 g/mol. The van der Waals surface area contributed by atoms with Crippen LogP contribution < -0.4 is 14.9 Å². The summed E-state index contributed by atoms with van der Waals surface area (Å²) >= 11 is 0. The lowest BCUT2D eigenvalue weighted by molar-refractivity contribution is -0.133. The van der Waals surface area contributed by atoms with Gasteiger partial charge in [0.25, 0.3) is 5.91 Å². The van der Waals surface area contributed by atoms with E-state index in [0.717, 1.165) is 11.1 Å². The van der Waals surface area contributed by atoms with Gasteiger partial charge in [0, 0.05) is 32.9 Å². The standard InChI is InChI=1S/C33H36N2O7/c1-23-11-14-29-28(17-23)32(37)25(22-42-29)20-35(19-24-9-6-5-7-10-24)31(36)21-34(15-8-16-39-2)33(38)27-13-12-26(40-3)18-30(27)41-4/h5-7,9-14,17-18,22H,8,15-16,19-21H2,1-4H3. The van der Waals surface area contributed by atoms with Gasteiger partial charge in [0.2, 0.25) is 5.91 Å². The predicted octanol–water partition coefficient (Wildman–Crippen LogP) is 4.83. The SMILES string of the molecule is COCCCN(CC(=O)N(Cc1ccccc1)Cc1coc2ccc(C)cc2c1=O)C(=O)c1ccc(OC)cc1OC. The van der Waals surface area contributed by atoms with Crippen molar-refractivity contribution >= 4 is 22.8 Å². The normalized spacial score (nSPS) is 10.9. The van der Waals surface area contributed by atoms with Crippen LogP contribution in [0.15, 0.2) is 82.2 Å². The highest BCUT2D eigenvalue weighted by molar-refractivity contribution is 5.99. The van der Waals surface area contributed by atoms with Crippen LogP contribution in [0.4, 0.5) is 0 Å². The summed E-state index contributed by atoms with van der Waals surface area (Å²) in [5.41, 5.74) is 2.78. The monoisotopic (exact) mass is 572 g/mol. The van der Waals surface area contributed by atoms with Crippen molar-refractivity contribution in [2.75, 3.05) is 41.0 Å². The average Bonchev–Trinajstić information content (AvgIpc) is 3.01. The van der Waals surface area contributed by atoms with Gasteiger partial charge in [-0.25, -0.2) is 0 Å². The van der Waals surface area contributed by atoms with Gasteiger partial charge in [0.05, 0.1) is 43.5 Å². The van der Waals surface area contributed by atoms with E-state index in [9.17, 15) is 14.4 Å². The third-order valence-corrected chi connectivity index (χ3v) is 6.96. The molecule has 0 N–H and O–H groups in total. The molecule has 0 saturated carbocycles. The lowest BCUT2D eigenvalue weighted by Crippen LogP contribution is -2.43. The maximum Gasteiger partial charge on any atom is 0.258 e. The highest BCUT2D eigenvalue weighted by Gasteiger charge is 2.26. The van der Waals surface area contributed by atoms with E-state index in [1.165, 1.54) is 25.4 Å². The summed E-state index contributed by atoms with van der Waals surface area (Å²) in [6.45, 7) is 2.67. The summed E-state index contributed by atoms with van der Waals surface area (Å²) in [7, 11) is 4.59. The molecule has 0 spiro atoms. The van der Waals surface area contributed by atoms with E-state index in [-0.39, 0.29) is 43.4 Å². The smallest absolute Gasteiger partial charge is 0.258 e. The molecule has 2 amide bonds. The molecule has 0 atom stereocenters. The largest absolute Gasteiger partial charge is 0.497 e. The number of hydrogen-bond donors (Lipinski definition) is 0. The zero-order chi connectivity index (χ0) is 30.1. The van der Waals surface area contributed by atoms with E-state index in [1.54, 1.807) is 42.3 Å². The van der Waals surface area contributed by atoms with Crippen LogP contribution in [0.5, 0.6) is 11.5 Å².